The Morgan fingerprint density at radius 3 is 2.88 bits per heavy atom. The van der Waals surface area contributed by atoms with Crippen LogP contribution in [0.1, 0.15) is 26.2 Å². The minimum atomic E-state index is -0.339. The Bertz CT molecular complexity index is 273. The minimum absolute atomic E-state index is 0.00995. The standard InChI is InChI=1S/C12H20N2O2/c1-3-7-14(8-4-2)12(15)11-6-5-10(9-13)16-11/h1,10-11H,4-9,13H2,2H3. The number of carbonyl (C=O) groups excluding carboxylic acids is 1. The van der Waals surface area contributed by atoms with Gasteiger partial charge in [0.15, 0.2) is 0 Å². The quantitative estimate of drug-likeness (QED) is 0.686. The fraction of sp³-hybridized carbons (Fsp3) is 0.750. The third-order valence-corrected chi connectivity index (χ3v) is 2.73. The van der Waals surface area contributed by atoms with Crippen LogP contribution in [-0.2, 0) is 9.53 Å². The van der Waals surface area contributed by atoms with Crippen molar-refractivity contribution in [1.29, 1.82) is 0 Å². The summed E-state index contributed by atoms with van der Waals surface area (Å²) in [7, 11) is 0. The van der Waals surface area contributed by atoms with Crippen LogP contribution in [0.25, 0.3) is 0 Å². The summed E-state index contributed by atoms with van der Waals surface area (Å²) in [6, 6.07) is 0. The molecule has 2 N–H and O–H groups in total. The summed E-state index contributed by atoms with van der Waals surface area (Å²) in [5, 5.41) is 0. The Labute approximate surface area is 97.1 Å². The maximum atomic E-state index is 12.1. The van der Waals surface area contributed by atoms with Gasteiger partial charge in [-0.15, -0.1) is 6.42 Å². The molecule has 0 spiro atoms. The summed E-state index contributed by atoms with van der Waals surface area (Å²) in [5.74, 6) is 2.52. The monoisotopic (exact) mass is 224 g/mol. The average Bonchev–Trinajstić information content (AvgIpc) is 2.76. The highest BCUT2D eigenvalue weighted by Crippen LogP contribution is 2.20. The van der Waals surface area contributed by atoms with E-state index < -0.39 is 0 Å². The van der Waals surface area contributed by atoms with Crippen LogP contribution in [0.5, 0.6) is 0 Å². The van der Waals surface area contributed by atoms with Gasteiger partial charge >= 0.3 is 0 Å². The number of hydrogen-bond donors (Lipinski definition) is 1. The topological polar surface area (TPSA) is 55.6 Å². The fourth-order valence-electron chi connectivity index (χ4n) is 1.91. The van der Waals surface area contributed by atoms with E-state index in [4.69, 9.17) is 16.9 Å². The molecule has 2 atom stereocenters. The van der Waals surface area contributed by atoms with Gasteiger partial charge in [-0.2, -0.15) is 0 Å². The molecule has 4 heteroatoms. The maximum Gasteiger partial charge on any atom is 0.252 e. The van der Waals surface area contributed by atoms with E-state index in [9.17, 15) is 4.79 Å². The van der Waals surface area contributed by atoms with Crippen LogP contribution in [0.3, 0.4) is 0 Å². The molecule has 90 valence electrons. The lowest BCUT2D eigenvalue weighted by molar-refractivity contribution is -0.142. The fourth-order valence-corrected chi connectivity index (χ4v) is 1.91. The molecule has 0 aromatic carbocycles. The Hall–Kier alpha value is -1.05. The second kappa shape index (κ2) is 6.51. The molecule has 1 saturated heterocycles. The highest BCUT2D eigenvalue weighted by molar-refractivity contribution is 5.81. The van der Waals surface area contributed by atoms with Crippen molar-refractivity contribution in [2.75, 3.05) is 19.6 Å². The second-order valence-corrected chi connectivity index (χ2v) is 4.02. The van der Waals surface area contributed by atoms with Crippen LogP contribution in [0.4, 0.5) is 0 Å². The molecule has 1 heterocycles. The third-order valence-electron chi connectivity index (χ3n) is 2.73. The van der Waals surface area contributed by atoms with Gasteiger partial charge in [-0.25, -0.2) is 0 Å². The van der Waals surface area contributed by atoms with Crippen LogP contribution in [-0.4, -0.2) is 42.6 Å². The van der Waals surface area contributed by atoms with E-state index in [1.54, 1.807) is 4.90 Å². The molecule has 0 aromatic heterocycles. The van der Waals surface area contributed by atoms with Gasteiger partial charge in [-0.1, -0.05) is 12.8 Å². The molecule has 1 rings (SSSR count). The highest BCUT2D eigenvalue weighted by Gasteiger charge is 2.32. The van der Waals surface area contributed by atoms with Gasteiger partial charge in [0.25, 0.3) is 5.91 Å². The molecule has 1 aliphatic rings. The van der Waals surface area contributed by atoms with E-state index in [-0.39, 0.29) is 18.1 Å². The number of amides is 1. The van der Waals surface area contributed by atoms with Gasteiger partial charge < -0.3 is 15.4 Å². The first-order valence-corrected chi connectivity index (χ1v) is 5.80. The molecule has 0 saturated carbocycles. The average molecular weight is 224 g/mol. The molecule has 1 aliphatic heterocycles. The van der Waals surface area contributed by atoms with E-state index in [0.717, 1.165) is 19.3 Å². The molecule has 0 radical (unpaired) electrons. The molecule has 0 bridgehead atoms. The number of ether oxygens (including phenoxy) is 1. The number of hydrogen-bond acceptors (Lipinski definition) is 3. The van der Waals surface area contributed by atoms with E-state index in [0.29, 0.717) is 19.6 Å². The first-order chi connectivity index (χ1) is 7.72. The zero-order chi connectivity index (χ0) is 12.0. The second-order valence-electron chi connectivity index (χ2n) is 4.02. The number of carbonyl (C=O) groups is 1. The van der Waals surface area contributed by atoms with Gasteiger partial charge in [-0.3, -0.25) is 4.79 Å². The minimum Gasteiger partial charge on any atom is -0.364 e. The molecule has 4 nitrogen and oxygen atoms in total. The normalized spacial score (nSPS) is 24.1. The number of nitrogens with zero attached hydrogens (tertiary/aromatic N) is 1. The molecule has 0 aliphatic carbocycles. The molecule has 1 fully saturated rings. The lowest BCUT2D eigenvalue weighted by atomic mass is 10.1. The van der Waals surface area contributed by atoms with Crippen molar-refractivity contribution in [3.05, 3.63) is 0 Å². The first-order valence-electron chi connectivity index (χ1n) is 5.80. The van der Waals surface area contributed by atoms with Crippen molar-refractivity contribution in [2.45, 2.75) is 38.4 Å². The van der Waals surface area contributed by atoms with E-state index in [2.05, 4.69) is 5.92 Å². The van der Waals surface area contributed by atoms with Crippen molar-refractivity contribution in [1.82, 2.24) is 4.90 Å². The van der Waals surface area contributed by atoms with Crippen molar-refractivity contribution in [2.24, 2.45) is 5.73 Å². The van der Waals surface area contributed by atoms with E-state index in [1.807, 2.05) is 6.92 Å². The zero-order valence-corrected chi connectivity index (χ0v) is 9.82. The number of terminal acetylenes is 1. The molecule has 2 unspecified atom stereocenters. The van der Waals surface area contributed by atoms with Crippen LogP contribution in [0, 0.1) is 12.3 Å². The van der Waals surface area contributed by atoms with Gasteiger partial charge in [-0.05, 0) is 19.3 Å². The van der Waals surface area contributed by atoms with Gasteiger partial charge in [0.2, 0.25) is 0 Å². The van der Waals surface area contributed by atoms with Crippen molar-refractivity contribution < 1.29 is 9.53 Å². The van der Waals surface area contributed by atoms with Crippen LogP contribution in [0.2, 0.25) is 0 Å². The Kier molecular flexibility index (Phi) is 5.30. The zero-order valence-electron chi connectivity index (χ0n) is 9.82. The molecule has 16 heavy (non-hydrogen) atoms. The maximum absolute atomic E-state index is 12.1. The molecular weight excluding hydrogens is 204 g/mol. The summed E-state index contributed by atoms with van der Waals surface area (Å²) in [5.41, 5.74) is 5.51. The van der Waals surface area contributed by atoms with Gasteiger partial charge in [0.05, 0.1) is 12.6 Å². The molecular formula is C12H20N2O2. The van der Waals surface area contributed by atoms with Crippen LogP contribution in [0.15, 0.2) is 0 Å². The van der Waals surface area contributed by atoms with Gasteiger partial charge in [0.1, 0.15) is 6.10 Å². The van der Waals surface area contributed by atoms with Crippen LogP contribution >= 0.6 is 0 Å². The summed E-state index contributed by atoms with van der Waals surface area (Å²) in [6.45, 7) is 3.55. The number of nitrogens with two attached hydrogens (primary N) is 1. The predicted molar refractivity (Wildman–Crippen MR) is 62.7 cm³/mol. The SMILES string of the molecule is C#CCN(CCC)C(=O)C1CCC(CN)O1. The largest absolute Gasteiger partial charge is 0.364 e. The van der Waals surface area contributed by atoms with Crippen molar-refractivity contribution in [3.8, 4) is 12.3 Å². The van der Waals surface area contributed by atoms with E-state index >= 15 is 0 Å². The Morgan fingerprint density at radius 2 is 2.38 bits per heavy atom. The third kappa shape index (κ3) is 3.22. The summed E-state index contributed by atoms with van der Waals surface area (Å²) in [4.78, 5) is 13.7. The molecule has 1 amide bonds. The van der Waals surface area contributed by atoms with Gasteiger partial charge in [0, 0.05) is 13.1 Å². The number of rotatable bonds is 5. The summed E-state index contributed by atoms with van der Waals surface area (Å²) < 4.78 is 5.56. The van der Waals surface area contributed by atoms with Crippen LogP contribution < -0.4 is 5.73 Å². The first kappa shape index (κ1) is 13.0. The van der Waals surface area contributed by atoms with Crippen molar-refractivity contribution in [3.63, 3.8) is 0 Å². The smallest absolute Gasteiger partial charge is 0.252 e. The Balaban J connectivity index is 2.51. The van der Waals surface area contributed by atoms with Crippen molar-refractivity contribution >= 4 is 5.91 Å². The predicted octanol–water partition coefficient (Wildman–Crippen LogP) is 0.364. The highest BCUT2D eigenvalue weighted by atomic mass is 16.5. The Morgan fingerprint density at radius 1 is 1.62 bits per heavy atom. The lowest BCUT2D eigenvalue weighted by Gasteiger charge is -2.23. The summed E-state index contributed by atoms with van der Waals surface area (Å²) >= 11 is 0. The lowest BCUT2D eigenvalue weighted by Crippen LogP contribution is -2.40. The van der Waals surface area contributed by atoms with E-state index in [1.165, 1.54) is 0 Å². The molecule has 0 aromatic rings. The summed E-state index contributed by atoms with van der Waals surface area (Å²) in [6.07, 6.45) is 7.46.